The third kappa shape index (κ3) is 4.39. The summed E-state index contributed by atoms with van der Waals surface area (Å²) >= 11 is 0. The van der Waals surface area contributed by atoms with E-state index in [9.17, 15) is 0 Å². The smallest absolute Gasteiger partial charge is 0.191 e. The van der Waals surface area contributed by atoms with Crippen LogP contribution in [0.5, 0.6) is 0 Å². The van der Waals surface area contributed by atoms with E-state index >= 15 is 0 Å². The molecule has 2 aliphatic rings. The quantitative estimate of drug-likeness (QED) is 0.482. The van der Waals surface area contributed by atoms with Crippen LogP contribution in [0.2, 0.25) is 0 Å². The number of benzene rings is 1. The van der Waals surface area contributed by atoms with Crippen LogP contribution in [0, 0.1) is 5.92 Å². The van der Waals surface area contributed by atoms with Gasteiger partial charge >= 0.3 is 0 Å². The van der Waals surface area contributed by atoms with Gasteiger partial charge in [-0.15, -0.1) is 0 Å². The number of aliphatic imine (C=N–C) groups is 1. The van der Waals surface area contributed by atoms with E-state index in [2.05, 4.69) is 50.9 Å². The molecule has 22 heavy (non-hydrogen) atoms. The maximum atomic E-state index is 4.36. The molecule has 2 fully saturated rings. The van der Waals surface area contributed by atoms with Gasteiger partial charge in [-0.3, -0.25) is 4.99 Å². The summed E-state index contributed by atoms with van der Waals surface area (Å²) < 4.78 is 0. The first-order valence-corrected chi connectivity index (χ1v) is 8.62. The van der Waals surface area contributed by atoms with Crippen molar-refractivity contribution in [3.8, 4) is 0 Å². The molecular formula is C18H28N4. The highest BCUT2D eigenvalue weighted by molar-refractivity contribution is 5.80. The van der Waals surface area contributed by atoms with Gasteiger partial charge in [0.1, 0.15) is 0 Å². The third-order valence-corrected chi connectivity index (χ3v) is 4.65. The van der Waals surface area contributed by atoms with Crippen molar-refractivity contribution in [2.45, 2.75) is 38.1 Å². The van der Waals surface area contributed by atoms with Crippen molar-refractivity contribution in [2.24, 2.45) is 10.9 Å². The minimum absolute atomic E-state index is 0.481. The fraction of sp³-hybridized carbons (Fsp3) is 0.611. The van der Waals surface area contributed by atoms with Crippen LogP contribution in [-0.2, 0) is 0 Å². The lowest BCUT2D eigenvalue weighted by molar-refractivity contribution is 0.620. The highest BCUT2D eigenvalue weighted by Gasteiger charge is 2.23. The summed E-state index contributed by atoms with van der Waals surface area (Å²) in [6.07, 6.45) is 6.69. The lowest BCUT2D eigenvalue weighted by Crippen LogP contribution is -2.44. The van der Waals surface area contributed by atoms with E-state index < -0.39 is 0 Å². The molecule has 4 nitrogen and oxygen atoms in total. The number of guanidine groups is 1. The molecule has 1 saturated heterocycles. The second-order valence-electron chi connectivity index (χ2n) is 6.50. The lowest BCUT2D eigenvalue weighted by atomic mass is 10.2. The van der Waals surface area contributed by atoms with Crippen molar-refractivity contribution in [1.82, 2.24) is 10.6 Å². The molecule has 1 heterocycles. The van der Waals surface area contributed by atoms with Gasteiger partial charge in [-0.25, -0.2) is 0 Å². The highest BCUT2D eigenvalue weighted by Crippen LogP contribution is 2.33. The number of nitrogens with zero attached hydrogens (tertiary/aromatic N) is 2. The fourth-order valence-electron chi connectivity index (χ4n) is 3.14. The van der Waals surface area contributed by atoms with Crippen LogP contribution in [-0.4, -0.2) is 38.7 Å². The second kappa shape index (κ2) is 7.52. The Hall–Kier alpha value is -1.71. The average molecular weight is 300 g/mol. The number of rotatable bonds is 6. The molecule has 4 heteroatoms. The zero-order valence-corrected chi connectivity index (χ0v) is 13.6. The molecule has 1 aliphatic heterocycles. The molecule has 1 aromatic carbocycles. The summed E-state index contributed by atoms with van der Waals surface area (Å²) in [6.45, 7) is 3.19. The van der Waals surface area contributed by atoms with E-state index in [4.69, 9.17) is 0 Å². The van der Waals surface area contributed by atoms with Crippen LogP contribution < -0.4 is 15.5 Å². The number of anilines is 1. The van der Waals surface area contributed by atoms with E-state index in [1.54, 1.807) is 0 Å². The van der Waals surface area contributed by atoms with Crippen molar-refractivity contribution in [3.63, 3.8) is 0 Å². The van der Waals surface area contributed by atoms with E-state index in [-0.39, 0.29) is 0 Å². The van der Waals surface area contributed by atoms with Gasteiger partial charge in [-0.05, 0) is 37.3 Å². The molecule has 1 saturated carbocycles. The summed E-state index contributed by atoms with van der Waals surface area (Å²) in [6, 6.07) is 11.1. The third-order valence-electron chi connectivity index (χ3n) is 4.65. The number of hydrogen-bond acceptors (Lipinski definition) is 2. The van der Waals surface area contributed by atoms with E-state index in [1.165, 1.54) is 31.4 Å². The number of hydrogen-bond donors (Lipinski definition) is 2. The van der Waals surface area contributed by atoms with Crippen LogP contribution in [0.4, 0.5) is 5.69 Å². The van der Waals surface area contributed by atoms with Gasteiger partial charge in [0.05, 0.1) is 0 Å². The second-order valence-corrected chi connectivity index (χ2v) is 6.50. The molecular weight excluding hydrogens is 272 g/mol. The van der Waals surface area contributed by atoms with Gasteiger partial charge in [0.15, 0.2) is 5.96 Å². The van der Waals surface area contributed by atoms with Crippen LogP contribution >= 0.6 is 0 Å². The fourth-order valence-corrected chi connectivity index (χ4v) is 3.14. The van der Waals surface area contributed by atoms with Crippen LogP contribution in [0.15, 0.2) is 35.3 Å². The zero-order chi connectivity index (χ0) is 15.2. The summed E-state index contributed by atoms with van der Waals surface area (Å²) in [5, 5.41) is 7.02. The van der Waals surface area contributed by atoms with Gasteiger partial charge in [0.2, 0.25) is 0 Å². The van der Waals surface area contributed by atoms with Gasteiger partial charge in [0, 0.05) is 38.4 Å². The Balaban J connectivity index is 1.40. The maximum Gasteiger partial charge on any atom is 0.191 e. The standard InChI is InChI=1S/C18H28N4/c1-19-18(20-12-5-6-15-9-10-15)21-16-11-13-22(14-16)17-7-3-2-4-8-17/h2-4,7-8,15-16H,5-6,9-14H2,1H3,(H2,19,20,21). The molecule has 1 aliphatic carbocycles. The van der Waals surface area contributed by atoms with E-state index in [0.29, 0.717) is 6.04 Å². The minimum Gasteiger partial charge on any atom is -0.369 e. The molecule has 0 spiro atoms. The molecule has 0 aromatic heterocycles. The van der Waals surface area contributed by atoms with E-state index in [1.807, 2.05) is 7.05 Å². The maximum absolute atomic E-state index is 4.36. The molecule has 3 rings (SSSR count). The predicted molar refractivity (Wildman–Crippen MR) is 93.5 cm³/mol. The van der Waals surface area contributed by atoms with Crippen LogP contribution in [0.25, 0.3) is 0 Å². The Morgan fingerprint density at radius 2 is 2.05 bits per heavy atom. The molecule has 0 radical (unpaired) electrons. The highest BCUT2D eigenvalue weighted by atomic mass is 15.2. The molecule has 1 atom stereocenters. The van der Waals surface area contributed by atoms with Gasteiger partial charge in [0.25, 0.3) is 0 Å². The van der Waals surface area contributed by atoms with Crippen LogP contribution in [0.1, 0.15) is 32.1 Å². The summed E-state index contributed by atoms with van der Waals surface area (Å²) in [5.41, 5.74) is 1.32. The van der Waals surface area contributed by atoms with Crippen molar-refractivity contribution in [3.05, 3.63) is 30.3 Å². The Morgan fingerprint density at radius 3 is 2.77 bits per heavy atom. The van der Waals surface area contributed by atoms with Crippen molar-refractivity contribution >= 4 is 11.6 Å². The zero-order valence-electron chi connectivity index (χ0n) is 13.6. The minimum atomic E-state index is 0.481. The average Bonchev–Trinajstić information content (AvgIpc) is 3.27. The van der Waals surface area contributed by atoms with Crippen molar-refractivity contribution < 1.29 is 0 Å². The Bertz CT molecular complexity index is 481. The summed E-state index contributed by atoms with van der Waals surface area (Å²) in [5.74, 6) is 1.97. The summed E-state index contributed by atoms with van der Waals surface area (Å²) in [4.78, 5) is 6.80. The molecule has 0 bridgehead atoms. The Labute approximate surface area is 134 Å². The number of para-hydroxylation sites is 1. The van der Waals surface area contributed by atoms with Crippen molar-refractivity contribution in [2.75, 3.05) is 31.6 Å². The predicted octanol–water partition coefficient (Wildman–Crippen LogP) is 2.62. The normalized spacial score (nSPS) is 22.0. The summed E-state index contributed by atoms with van der Waals surface area (Å²) in [7, 11) is 1.86. The number of nitrogens with one attached hydrogen (secondary N) is 2. The first kappa shape index (κ1) is 15.2. The Morgan fingerprint density at radius 1 is 1.23 bits per heavy atom. The van der Waals surface area contributed by atoms with Gasteiger partial charge in [-0.1, -0.05) is 31.0 Å². The molecule has 120 valence electrons. The first-order valence-electron chi connectivity index (χ1n) is 8.62. The molecule has 2 N–H and O–H groups in total. The first-order chi connectivity index (χ1) is 10.8. The SMILES string of the molecule is CN=C(NCCCC1CC1)NC1CCN(c2ccccc2)C1. The van der Waals surface area contributed by atoms with Crippen LogP contribution in [0.3, 0.4) is 0 Å². The monoisotopic (exact) mass is 300 g/mol. The van der Waals surface area contributed by atoms with Gasteiger partial charge < -0.3 is 15.5 Å². The topological polar surface area (TPSA) is 39.7 Å². The largest absolute Gasteiger partial charge is 0.369 e. The molecule has 1 unspecified atom stereocenters. The van der Waals surface area contributed by atoms with Crippen molar-refractivity contribution in [1.29, 1.82) is 0 Å². The lowest BCUT2D eigenvalue weighted by Gasteiger charge is -2.20. The molecule has 0 amide bonds. The van der Waals surface area contributed by atoms with Gasteiger partial charge in [-0.2, -0.15) is 0 Å². The Kier molecular flexibility index (Phi) is 5.20. The molecule has 1 aromatic rings. The van der Waals surface area contributed by atoms with E-state index in [0.717, 1.165) is 37.9 Å².